The maximum atomic E-state index is 13.0. The van der Waals surface area contributed by atoms with E-state index in [0.717, 1.165) is 18.5 Å². The van der Waals surface area contributed by atoms with Gasteiger partial charge in [0.15, 0.2) is 0 Å². The highest BCUT2D eigenvalue weighted by molar-refractivity contribution is 5.32. The van der Waals surface area contributed by atoms with Crippen LogP contribution in [0.25, 0.3) is 0 Å². The van der Waals surface area contributed by atoms with Crippen LogP contribution in [0.5, 0.6) is 0 Å². The van der Waals surface area contributed by atoms with Crippen LogP contribution in [0.2, 0.25) is 0 Å². The monoisotopic (exact) mass is 273 g/mol. The van der Waals surface area contributed by atoms with Gasteiger partial charge < -0.3 is 5.11 Å². The van der Waals surface area contributed by atoms with E-state index in [1.807, 2.05) is 0 Å². The summed E-state index contributed by atoms with van der Waals surface area (Å²) >= 11 is 0. The van der Waals surface area contributed by atoms with E-state index in [1.54, 1.807) is 0 Å². The predicted octanol–water partition coefficient (Wildman–Crippen LogP) is 3.89. The van der Waals surface area contributed by atoms with Gasteiger partial charge in [0.25, 0.3) is 0 Å². The Morgan fingerprint density at radius 1 is 1.16 bits per heavy atom. The molecule has 1 heterocycles. The number of rotatable bonds is 1. The van der Waals surface area contributed by atoms with Gasteiger partial charge in [-0.2, -0.15) is 13.2 Å². The third-order valence-electron chi connectivity index (χ3n) is 4.06. The fourth-order valence-corrected chi connectivity index (χ4v) is 2.62. The first kappa shape index (κ1) is 14.3. The smallest absolute Gasteiger partial charge is 0.385 e. The average Bonchev–Trinajstić information content (AvgIpc) is 2.32. The largest absolute Gasteiger partial charge is 0.416 e. The van der Waals surface area contributed by atoms with Crippen molar-refractivity contribution in [2.75, 3.05) is 0 Å². The minimum atomic E-state index is -4.46. The van der Waals surface area contributed by atoms with Crippen molar-refractivity contribution < 1.29 is 18.3 Å². The van der Waals surface area contributed by atoms with Crippen molar-refractivity contribution in [1.29, 1.82) is 0 Å². The second-order valence-corrected chi connectivity index (χ2v) is 6.11. The number of hydrogen-bond acceptors (Lipinski definition) is 2. The molecule has 2 rings (SSSR count). The first-order valence-corrected chi connectivity index (χ1v) is 6.38. The minimum Gasteiger partial charge on any atom is -0.385 e. The van der Waals surface area contributed by atoms with Gasteiger partial charge in [0, 0.05) is 18.0 Å². The maximum Gasteiger partial charge on any atom is 0.416 e. The summed E-state index contributed by atoms with van der Waals surface area (Å²) in [5, 5.41) is 10.6. The first-order chi connectivity index (χ1) is 8.64. The molecule has 106 valence electrons. The van der Waals surface area contributed by atoms with Gasteiger partial charge in [-0.1, -0.05) is 13.8 Å². The summed E-state index contributed by atoms with van der Waals surface area (Å²) in [5.41, 5.74) is -2.19. The Morgan fingerprint density at radius 3 is 2.26 bits per heavy atom. The van der Waals surface area contributed by atoms with Crippen LogP contribution >= 0.6 is 0 Å². The number of nitrogens with zero attached hydrogens (tertiary/aromatic N) is 1. The topological polar surface area (TPSA) is 33.1 Å². The molecule has 1 aromatic heterocycles. The van der Waals surface area contributed by atoms with Gasteiger partial charge in [0.2, 0.25) is 0 Å². The molecular weight excluding hydrogens is 255 g/mol. The summed E-state index contributed by atoms with van der Waals surface area (Å²) in [4.78, 5) is 3.76. The molecule has 0 spiro atoms. The molecule has 0 bridgehead atoms. The van der Waals surface area contributed by atoms with Crippen LogP contribution in [0.4, 0.5) is 13.2 Å². The molecule has 0 saturated heterocycles. The Labute approximate surface area is 110 Å². The van der Waals surface area contributed by atoms with E-state index in [1.165, 1.54) is 0 Å². The maximum absolute atomic E-state index is 13.0. The Kier molecular flexibility index (Phi) is 3.37. The zero-order valence-electron chi connectivity index (χ0n) is 11.1. The SMILES string of the molecule is CC1(C)CCC(O)(c2cnccc2C(F)(F)F)CC1. The summed E-state index contributed by atoms with van der Waals surface area (Å²) in [6.45, 7) is 4.14. The molecule has 19 heavy (non-hydrogen) atoms. The third-order valence-corrected chi connectivity index (χ3v) is 4.06. The van der Waals surface area contributed by atoms with Gasteiger partial charge >= 0.3 is 6.18 Å². The van der Waals surface area contributed by atoms with Crippen molar-refractivity contribution in [2.45, 2.75) is 51.3 Å². The van der Waals surface area contributed by atoms with Crippen LogP contribution < -0.4 is 0 Å². The number of aliphatic hydroxyl groups is 1. The predicted molar refractivity (Wildman–Crippen MR) is 65.4 cm³/mol. The van der Waals surface area contributed by atoms with E-state index in [-0.39, 0.29) is 11.0 Å². The molecular formula is C14H18F3NO. The third kappa shape index (κ3) is 2.91. The standard InChI is InChI=1S/C14H18F3NO/c1-12(2)4-6-13(19,7-5-12)11-9-18-8-3-10(11)14(15,16)17/h3,8-9,19H,4-7H2,1-2H3. The van der Waals surface area contributed by atoms with Crippen LogP contribution in [-0.2, 0) is 11.8 Å². The highest BCUT2D eigenvalue weighted by atomic mass is 19.4. The molecule has 0 unspecified atom stereocenters. The molecule has 0 aromatic carbocycles. The molecule has 1 aliphatic carbocycles. The molecule has 2 nitrogen and oxygen atoms in total. The molecule has 1 fully saturated rings. The second-order valence-electron chi connectivity index (χ2n) is 6.11. The van der Waals surface area contributed by atoms with Crippen LogP contribution in [-0.4, -0.2) is 10.1 Å². The molecule has 0 amide bonds. The molecule has 1 saturated carbocycles. The molecule has 0 aliphatic heterocycles. The summed E-state index contributed by atoms with van der Waals surface area (Å²) in [6, 6.07) is 0.938. The molecule has 1 N–H and O–H groups in total. The lowest BCUT2D eigenvalue weighted by molar-refractivity contribution is -0.142. The van der Waals surface area contributed by atoms with Crippen LogP contribution in [0, 0.1) is 5.41 Å². The van der Waals surface area contributed by atoms with E-state index < -0.39 is 17.3 Å². The Morgan fingerprint density at radius 2 is 1.74 bits per heavy atom. The average molecular weight is 273 g/mol. The Bertz CT molecular complexity index is 458. The van der Waals surface area contributed by atoms with Gasteiger partial charge in [-0.05, 0) is 37.2 Å². The fourth-order valence-electron chi connectivity index (χ4n) is 2.62. The van der Waals surface area contributed by atoms with Crippen molar-refractivity contribution in [3.63, 3.8) is 0 Å². The molecule has 5 heteroatoms. The van der Waals surface area contributed by atoms with Crippen LogP contribution in [0.15, 0.2) is 18.5 Å². The van der Waals surface area contributed by atoms with Crippen molar-refractivity contribution in [2.24, 2.45) is 5.41 Å². The van der Waals surface area contributed by atoms with Gasteiger partial charge in [-0.15, -0.1) is 0 Å². The number of halogens is 3. The van der Waals surface area contributed by atoms with E-state index in [2.05, 4.69) is 18.8 Å². The van der Waals surface area contributed by atoms with Gasteiger partial charge in [-0.3, -0.25) is 4.98 Å². The minimum absolute atomic E-state index is 0.0762. The summed E-state index contributed by atoms with van der Waals surface area (Å²) in [5.74, 6) is 0. The zero-order valence-corrected chi connectivity index (χ0v) is 11.1. The van der Waals surface area contributed by atoms with Gasteiger partial charge in [0.1, 0.15) is 0 Å². The Hall–Kier alpha value is -1.10. The van der Waals surface area contributed by atoms with E-state index >= 15 is 0 Å². The van der Waals surface area contributed by atoms with E-state index in [0.29, 0.717) is 25.7 Å². The number of aromatic nitrogens is 1. The highest BCUT2D eigenvalue weighted by Crippen LogP contribution is 2.47. The van der Waals surface area contributed by atoms with Crippen molar-refractivity contribution in [1.82, 2.24) is 4.98 Å². The number of pyridine rings is 1. The summed E-state index contributed by atoms with van der Waals surface area (Å²) < 4.78 is 39.0. The summed E-state index contributed by atoms with van der Waals surface area (Å²) in [6.07, 6.45) is -0.0977. The van der Waals surface area contributed by atoms with Gasteiger partial charge in [0.05, 0.1) is 11.2 Å². The van der Waals surface area contributed by atoms with Crippen molar-refractivity contribution >= 4 is 0 Å². The number of alkyl halides is 3. The van der Waals surface area contributed by atoms with E-state index in [9.17, 15) is 18.3 Å². The zero-order chi connectivity index (χ0) is 14.3. The molecule has 0 atom stereocenters. The second kappa shape index (κ2) is 4.47. The van der Waals surface area contributed by atoms with E-state index in [4.69, 9.17) is 0 Å². The highest BCUT2D eigenvalue weighted by Gasteiger charge is 2.44. The lowest BCUT2D eigenvalue weighted by Gasteiger charge is -2.41. The molecule has 1 aromatic rings. The van der Waals surface area contributed by atoms with Crippen molar-refractivity contribution in [3.8, 4) is 0 Å². The van der Waals surface area contributed by atoms with Gasteiger partial charge in [-0.25, -0.2) is 0 Å². The quantitative estimate of drug-likeness (QED) is 0.842. The lowest BCUT2D eigenvalue weighted by atomic mass is 9.68. The fraction of sp³-hybridized carbons (Fsp3) is 0.643. The van der Waals surface area contributed by atoms with Crippen LogP contribution in [0.3, 0.4) is 0 Å². The molecule has 1 aliphatic rings. The number of hydrogen-bond donors (Lipinski definition) is 1. The lowest BCUT2D eigenvalue weighted by Crippen LogP contribution is -2.36. The Balaban J connectivity index is 2.37. The first-order valence-electron chi connectivity index (χ1n) is 6.38. The van der Waals surface area contributed by atoms with Crippen molar-refractivity contribution in [3.05, 3.63) is 29.6 Å². The van der Waals surface area contributed by atoms with Crippen LogP contribution in [0.1, 0.15) is 50.7 Å². The summed E-state index contributed by atoms with van der Waals surface area (Å²) in [7, 11) is 0. The molecule has 0 radical (unpaired) electrons. The normalized spacial score (nSPS) is 22.2.